The number of fused-ring (bicyclic) bond motifs is 2. The topological polar surface area (TPSA) is 160 Å². The van der Waals surface area contributed by atoms with Gasteiger partial charge >= 0.3 is 0 Å². The van der Waals surface area contributed by atoms with Crippen LogP contribution in [0.5, 0.6) is 0 Å². The highest BCUT2D eigenvalue weighted by Crippen LogP contribution is 2.34. The van der Waals surface area contributed by atoms with Crippen LogP contribution in [0.25, 0.3) is 22.2 Å². The molecule has 4 atom stereocenters. The summed E-state index contributed by atoms with van der Waals surface area (Å²) in [7, 11) is 0. The number of hydrogen-bond donors (Lipinski definition) is 5. The Balaban J connectivity index is 0.984. The van der Waals surface area contributed by atoms with Gasteiger partial charge in [-0.05, 0) is 48.3 Å². The maximum absolute atomic E-state index is 10.7. The van der Waals surface area contributed by atoms with Crippen molar-refractivity contribution in [1.29, 1.82) is 0 Å². The number of ether oxygens (including phenoxy) is 1. The molecule has 0 unspecified atom stereocenters. The summed E-state index contributed by atoms with van der Waals surface area (Å²) >= 11 is 0. The van der Waals surface area contributed by atoms with Crippen LogP contribution in [-0.4, -0.2) is 70.6 Å². The van der Waals surface area contributed by atoms with E-state index in [1.807, 2.05) is 0 Å². The van der Waals surface area contributed by atoms with Crippen LogP contribution in [0.4, 0.5) is 5.82 Å². The molecule has 202 valence electrons. The van der Waals surface area contributed by atoms with Gasteiger partial charge in [0.05, 0.1) is 17.4 Å². The van der Waals surface area contributed by atoms with Crippen molar-refractivity contribution in [2.24, 2.45) is 5.92 Å². The second-order valence-corrected chi connectivity index (χ2v) is 11.8. The van der Waals surface area contributed by atoms with Crippen LogP contribution in [0.15, 0.2) is 30.9 Å². The van der Waals surface area contributed by atoms with Crippen LogP contribution in [0.1, 0.15) is 57.6 Å². The Hall–Kier alpha value is -3.12. The highest BCUT2D eigenvalue weighted by molar-refractivity contribution is 5.81. The van der Waals surface area contributed by atoms with Crippen LogP contribution in [-0.2, 0) is 16.6 Å². The van der Waals surface area contributed by atoms with Crippen molar-refractivity contribution < 1.29 is 14.9 Å². The predicted octanol–water partition coefficient (Wildman–Crippen LogP) is 2.20. The highest BCUT2D eigenvalue weighted by Gasteiger charge is 2.44. The lowest BCUT2D eigenvalue weighted by molar-refractivity contribution is -0.0357. The number of aliphatic hydroxyl groups excluding tert-OH is 2. The molecule has 1 saturated heterocycles. The second kappa shape index (κ2) is 9.57. The Morgan fingerprint density at radius 2 is 1.97 bits per heavy atom. The van der Waals surface area contributed by atoms with Crippen molar-refractivity contribution in [3.8, 4) is 0 Å². The second-order valence-electron chi connectivity index (χ2n) is 11.8. The number of H-pyrrole nitrogens is 1. The normalized spacial score (nSPS) is 27.8. The third-order valence-electron chi connectivity index (χ3n) is 8.03. The van der Waals surface area contributed by atoms with Crippen molar-refractivity contribution in [1.82, 2.24) is 34.8 Å². The number of imidazole rings is 2. The maximum atomic E-state index is 10.7. The summed E-state index contributed by atoms with van der Waals surface area (Å²) in [6.07, 6.45) is 3.56. The number of aromatic nitrogens is 6. The number of hydrogen-bond acceptors (Lipinski definition) is 9. The lowest BCUT2D eigenvalue weighted by Gasteiger charge is -2.36. The van der Waals surface area contributed by atoms with Crippen molar-refractivity contribution in [3.63, 3.8) is 0 Å². The number of aryl methyl sites for hydroxylation is 1. The SMILES string of the molecule is CC(C)(C)c1ccc2[nH]c(CC[C@H]3C[C@@H](NC[C@H]4O[C@@H](n5cnc6c(N)ncnc65)[C@H](O)[C@@H]4O)C3)nc2c1. The molecule has 0 spiro atoms. The van der Waals surface area contributed by atoms with Crippen molar-refractivity contribution in [2.45, 2.75) is 82.5 Å². The molecule has 1 saturated carbocycles. The molecule has 11 heteroatoms. The van der Waals surface area contributed by atoms with Crippen molar-refractivity contribution in [3.05, 3.63) is 42.2 Å². The van der Waals surface area contributed by atoms with Crippen LogP contribution >= 0.6 is 0 Å². The molecule has 1 aromatic carbocycles. The first-order valence-corrected chi connectivity index (χ1v) is 13.3. The summed E-state index contributed by atoms with van der Waals surface area (Å²) in [5.74, 6) is 1.94. The molecule has 2 fully saturated rings. The molecule has 1 aliphatic carbocycles. The number of anilines is 1. The minimum Gasteiger partial charge on any atom is -0.387 e. The number of benzene rings is 1. The van der Waals surface area contributed by atoms with E-state index in [1.54, 1.807) is 4.57 Å². The summed E-state index contributed by atoms with van der Waals surface area (Å²) in [6.45, 7) is 7.11. The van der Waals surface area contributed by atoms with E-state index in [0.29, 0.717) is 29.7 Å². The summed E-state index contributed by atoms with van der Waals surface area (Å²) < 4.78 is 7.63. The number of nitrogens with two attached hydrogens (primary N) is 1. The maximum Gasteiger partial charge on any atom is 0.167 e. The minimum atomic E-state index is -1.10. The summed E-state index contributed by atoms with van der Waals surface area (Å²) in [5.41, 5.74) is 10.3. The smallest absolute Gasteiger partial charge is 0.167 e. The van der Waals surface area contributed by atoms with Gasteiger partial charge in [-0.2, -0.15) is 0 Å². The van der Waals surface area contributed by atoms with E-state index in [9.17, 15) is 10.2 Å². The van der Waals surface area contributed by atoms with Gasteiger partial charge in [0.1, 0.15) is 36.0 Å². The summed E-state index contributed by atoms with van der Waals surface area (Å²) in [5, 5.41) is 24.8. The van der Waals surface area contributed by atoms with Gasteiger partial charge in [0.25, 0.3) is 0 Å². The van der Waals surface area contributed by atoms with Crippen LogP contribution < -0.4 is 11.1 Å². The standard InChI is InChI=1S/C27H36N8O3/c1-27(2,3)15-5-6-17-18(10-15)34-20(33-17)7-4-14-8-16(9-14)29-11-19-22(36)23(37)26(38-19)35-13-32-21-24(28)30-12-31-25(21)35/h5-6,10,12-14,16,19,22-23,26,29,36-37H,4,7-9,11H2,1-3H3,(H,33,34)(H2,28,30,31)/t14-,16+,19-,22-,23-,26-/m1/s1. The quantitative estimate of drug-likeness (QED) is 0.246. The monoisotopic (exact) mass is 520 g/mol. The number of aromatic amines is 1. The Morgan fingerprint density at radius 3 is 2.76 bits per heavy atom. The molecule has 0 bridgehead atoms. The van der Waals surface area contributed by atoms with Crippen molar-refractivity contribution in [2.75, 3.05) is 12.3 Å². The van der Waals surface area contributed by atoms with Gasteiger partial charge in [0.15, 0.2) is 17.7 Å². The lowest BCUT2D eigenvalue weighted by atomic mass is 9.77. The molecule has 6 rings (SSSR count). The third-order valence-corrected chi connectivity index (χ3v) is 8.03. The Labute approximate surface area is 220 Å². The fraction of sp³-hybridized carbons (Fsp3) is 0.556. The van der Waals surface area contributed by atoms with E-state index >= 15 is 0 Å². The van der Waals surface area contributed by atoms with Gasteiger partial charge < -0.3 is 31.0 Å². The number of nitrogens with zero attached hydrogens (tertiary/aromatic N) is 5. The summed E-state index contributed by atoms with van der Waals surface area (Å²) in [6, 6.07) is 6.88. The Bertz CT molecular complexity index is 1440. The van der Waals surface area contributed by atoms with E-state index in [1.165, 1.54) is 18.2 Å². The fourth-order valence-electron chi connectivity index (χ4n) is 5.59. The van der Waals surface area contributed by atoms with Crippen molar-refractivity contribution >= 4 is 28.0 Å². The van der Waals surface area contributed by atoms with Crippen LogP contribution in [0.3, 0.4) is 0 Å². The molecule has 1 aliphatic heterocycles. The van der Waals surface area contributed by atoms with E-state index < -0.39 is 24.5 Å². The molecule has 38 heavy (non-hydrogen) atoms. The molecular weight excluding hydrogens is 484 g/mol. The largest absolute Gasteiger partial charge is 0.387 e. The predicted molar refractivity (Wildman–Crippen MR) is 143 cm³/mol. The Morgan fingerprint density at radius 1 is 1.16 bits per heavy atom. The number of nitrogen functional groups attached to an aromatic ring is 1. The van der Waals surface area contributed by atoms with E-state index in [0.717, 1.165) is 42.5 Å². The molecule has 6 N–H and O–H groups in total. The van der Waals surface area contributed by atoms with Crippen LogP contribution in [0.2, 0.25) is 0 Å². The molecule has 2 aliphatic rings. The zero-order valence-electron chi connectivity index (χ0n) is 22.0. The molecule has 0 radical (unpaired) electrons. The molecule has 11 nitrogen and oxygen atoms in total. The molecule has 4 aromatic rings. The average Bonchev–Trinajstić information content (AvgIpc) is 3.54. The minimum absolute atomic E-state index is 0.108. The molecule has 0 amide bonds. The fourth-order valence-corrected chi connectivity index (χ4v) is 5.59. The average molecular weight is 521 g/mol. The van der Waals surface area contributed by atoms with E-state index in [2.05, 4.69) is 64.2 Å². The first-order chi connectivity index (χ1) is 18.2. The number of aliphatic hydroxyl groups is 2. The van der Waals surface area contributed by atoms with Gasteiger partial charge in [0.2, 0.25) is 0 Å². The highest BCUT2D eigenvalue weighted by atomic mass is 16.6. The first kappa shape index (κ1) is 25.2. The van der Waals surface area contributed by atoms with Gasteiger partial charge in [-0.3, -0.25) is 4.57 Å². The summed E-state index contributed by atoms with van der Waals surface area (Å²) in [4.78, 5) is 20.7. The zero-order valence-corrected chi connectivity index (χ0v) is 22.0. The number of rotatable bonds is 7. The van der Waals surface area contributed by atoms with Crippen LogP contribution in [0, 0.1) is 5.92 Å². The molecule has 3 aromatic heterocycles. The zero-order chi connectivity index (χ0) is 26.6. The van der Waals surface area contributed by atoms with Gasteiger partial charge in [0, 0.05) is 19.0 Å². The lowest BCUT2D eigenvalue weighted by Crippen LogP contribution is -2.46. The van der Waals surface area contributed by atoms with Gasteiger partial charge in [-0.25, -0.2) is 19.9 Å². The van der Waals surface area contributed by atoms with Gasteiger partial charge in [-0.1, -0.05) is 26.8 Å². The van der Waals surface area contributed by atoms with Gasteiger partial charge in [-0.15, -0.1) is 0 Å². The first-order valence-electron chi connectivity index (χ1n) is 13.3. The molecular formula is C27H36N8O3. The van der Waals surface area contributed by atoms with E-state index in [-0.39, 0.29) is 11.2 Å². The van der Waals surface area contributed by atoms with E-state index in [4.69, 9.17) is 15.5 Å². The third kappa shape index (κ3) is 4.64. The number of nitrogens with one attached hydrogen (secondary N) is 2. The Kier molecular flexibility index (Phi) is 6.34. The molecule has 4 heterocycles.